The van der Waals surface area contributed by atoms with Crippen LogP contribution in [0.2, 0.25) is 0 Å². The van der Waals surface area contributed by atoms with Crippen molar-refractivity contribution in [3.8, 4) is 0 Å². The first-order chi connectivity index (χ1) is 7.18. The number of hydrogen-bond acceptors (Lipinski definition) is 1. The summed E-state index contributed by atoms with van der Waals surface area (Å²) in [5.74, 6) is 2.18. The average molecular weight is 209 g/mol. The molecule has 0 spiro atoms. The van der Waals surface area contributed by atoms with Gasteiger partial charge in [-0.25, -0.2) is 0 Å². The molecule has 0 saturated heterocycles. The van der Waals surface area contributed by atoms with Crippen LogP contribution in [0.5, 0.6) is 0 Å². The molecule has 86 valence electrons. The Labute approximate surface area is 93.0 Å². The lowest BCUT2D eigenvalue weighted by atomic mass is 9.89. The van der Waals surface area contributed by atoms with Crippen LogP contribution in [0.4, 0.5) is 0 Å². The molecular weight excluding hydrogens is 186 g/mol. The van der Waals surface area contributed by atoms with E-state index in [1.54, 1.807) is 0 Å². The molecule has 2 fully saturated rings. The zero-order valence-electron chi connectivity index (χ0n) is 10.0. The van der Waals surface area contributed by atoms with Crippen molar-refractivity contribution in [3.05, 3.63) is 0 Å². The van der Waals surface area contributed by atoms with Gasteiger partial charge < -0.3 is 4.90 Å². The highest BCUT2D eigenvalue weighted by molar-refractivity contribution is 5.81. The summed E-state index contributed by atoms with van der Waals surface area (Å²) in [5.41, 5.74) is 0. The van der Waals surface area contributed by atoms with Gasteiger partial charge >= 0.3 is 0 Å². The lowest BCUT2D eigenvalue weighted by Gasteiger charge is -2.27. The predicted octanol–water partition coefficient (Wildman–Crippen LogP) is 2.68. The molecule has 0 aromatic heterocycles. The predicted molar refractivity (Wildman–Crippen MR) is 61.5 cm³/mol. The zero-order valence-corrected chi connectivity index (χ0v) is 10.0. The van der Waals surface area contributed by atoms with Crippen molar-refractivity contribution in [3.63, 3.8) is 0 Å². The number of hydrogen-bond donors (Lipinski definition) is 0. The van der Waals surface area contributed by atoms with Gasteiger partial charge in [0.25, 0.3) is 0 Å². The summed E-state index contributed by atoms with van der Waals surface area (Å²) in [4.78, 5) is 13.9. The third-order valence-corrected chi connectivity index (χ3v) is 4.06. The Morgan fingerprint density at radius 3 is 2.40 bits per heavy atom. The Bertz CT molecular complexity index is 233. The van der Waals surface area contributed by atoms with Crippen LogP contribution in [0.3, 0.4) is 0 Å². The lowest BCUT2D eigenvalue weighted by Crippen LogP contribution is -2.33. The standard InChI is InChI=1S/C13H23NO/c1-10-8-12(10)13(15)14(2)9-11-6-4-3-5-7-11/h10-12H,3-9H2,1-2H3. The van der Waals surface area contributed by atoms with Gasteiger partial charge in [0.1, 0.15) is 0 Å². The normalized spacial score (nSPS) is 31.3. The van der Waals surface area contributed by atoms with Gasteiger partial charge in [-0.15, -0.1) is 0 Å². The zero-order chi connectivity index (χ0) is 10.8. The van der Waals surface area contributed by atoms with Crippen molar-refractivity contribution in [1.29, 1.82) is 0 Å². The maximum Gasteiger partial charge on any atom is 0.225 e. The number of amides is 1. The third kappa shape index (κ3) is 2.73. The molecule has 0 aromatic rings. The molecule has 2 saturated carbocycles. The van der Waals surface area contributed by atoms with E-state index in [1.807, 2.05) is 11.9 Å². The van der Waals surface area contributed by atoms with Crippen molar-refractivity contribution >= 4 is 5.91 Å². The minimum atomic E-state index is 0.360. The maximum atomic E-state index is 11.9. The Hall–Kier alpha value is -0.530. The summed E-state index contributed by atoms with van der Waals surface area (Å²) < 4.78 is 0. The van der Waals surface area contributed by atoms with Crippen molar-refractivity contribution in [2.45, 2.75) is 45.4 Å². The van der Waals surface area contributed by atoms with Gasteiger partial charge in [0.05, 0.1) is 0 Å². The summed E-state index contributed by atoms with van der Waals surface area (Å²) in [7, 11) is 1.99. The number of carbonyl (C=O) groups excluding carboxylic acids is 1. The summed E-state index contributed by atoms with van der Waals surface area (Å²) in [5, 5.41) is 0. The Morgan fingerprint density at radius 1 is 1.27 bits per heavy atom. The summed E-state index contributed by atoms with van der Waals surface area (Å²) in [6.07, 6.45) is 7.91. The highest BCUT2D eigenvalue weighted by Gasteiger charge is 2.40. The SMILES string of the molecule is CC1CC1C(=O)N(C)CC1CCCCC1. The fourth-order valence-corrected chi connectivity index (χ4v) is 2.80. The number of rotatable bonds is 3. The molecule has 0 heterocycles. The molecule has 0 bridgehead atoms. The highest BCUT2D eigenvalue weighted by Crippen LogP contribution is 2.39. The molecule has 15 heavy (non-hydrogen) atoms. The fraction of sp³-hybridized carbons (Fsp3) is 0.923. The van der Waals surface area contributed by atoms with E-state index in [0.29, 0.717) is 17.7 Å². The van der Waals surface area contributed by atoms with E-state index in [0.717, 1.165) is 18.9 Å². The van der Waals surface area contributed by atoms with Crippen LogP contribution in [0.25, 0.3) is 0 Å². The van der Waals surface area contributed by atoms with E-state index in [4.69, 9.17) is 0 Å². The number of carbonyl (C=O) groups is 1. The van der Waals surface area contributed by atoms with Gasteiger partial charge in [-0.05, 0) is 31.1 Å². The summed E-state index contributed by atoms with van der Waals surface area (Å²) in [6.45, 7) is 3.18. The molecule has 2 aliphatic rings. The molecule has 2 rings (SSSR count). The molecule has 0 radical (unpaired) electrons. The van der Waals surface area contributed by atoms with Crippen molar-refractivity contribution in [2.75, 3.05) is 13.6 Å². The topological polar surface area (TPSA) is 20.3 Å². The second-order valence-electron chi connectivity index (χ2n) is 5.54. The van der Waals surface area contributed by atoms with E-state index in [-0.39, 0.29) is 0 Å². The van der Waals surface area contributed by atoms with Gasteiger partial charge in [-0.1, -0.05) is 26.2 Å². The molecule has 2 unspecified atom stereocenters. The van der Waals surface area contributed by atoms with Gasteiger partial charge in [-0.2, -0.15) is 0 Å². The van der Waals surface area contributed by atoms with Crippen LogP contribution in [0.15, 0.2) is 0 Å². The second kappa shape index (κ2) is 4.54. The average Bonchev–Trinajstić information content (AvgIpc) is 2.96. The van der Waals surface area contributed by atoms with Gasteiger partial charge in [0.2, 0.25) is 5.91 Å². The van der Waals surface area contributed by atoms with Gasteiger partial charge in [0, 0.05) is 19.5 Å². The smallest absolute Gasteiger partial charge is 0.225 e. The first-order valence-electron chi connectivity index (χ1n) is 6.43. The van der Waals surface area contributed by atoms with Crippen LogP contribution in [-0.4, -0.2) is 24.4 Å². The Kier molecular flexibility index (Phi) is 3.32. The highest BCUT2D eigenvalue weighted by atomic mass is 16.2. The molecule has 0 aliphatic heterocycles. The van der Waals surface area contributed by atoms with Crippen molar-refractivity contribution in [2.24, 2.45) is 17.8 Å². The van der Waals surface area contributed by atoms with Crippen molar-refractivity contribution in [1.82, 2.24) is 4.90 Å². The van der Waals surface area contributed by atoms with Crippen LogP contribution in [-0.2, 0) is 4.79 Å². The Morgan fingerprint density at radius 2 is 1.87 bits per heavy atom. The minimum absolute atomic E-state index is 0.360. The quantitative estimate of drug-likeness (QED) is 0.700. The van der Waals surface area contributed by atoms with E-state index < -0.39 is 0 Å². The molecule has 1 amide bonds. The Balaban J connectivity index is 1.75. The molecule has 0 aromatic carbocycles. The van der Waals surface area contributed by atoms with Crippen LogP contribution in [0, 0.1) is 17.8 Å². The third-order valence-electron chi connectivity index (χ3n) is 4.06. The van der Waals surface area contributed by atoms with Crippen LogP contribution >= 0.6 is 0 Å². The molecule has 0 N–H and O–H groups in total. The van der Waals surface area contributed by atoms with E-state index in [2.05, 4.69) is 6.92 Å². The van der Waals surface area contributed by atoms with Crippen LogP contribution < -0.4 is 0 Å². The monoisotopic (exact) mass is 209 g/mol. The van der Waals surface area contributed by atoms with E-state index in [9.17, 15) is 4.79 Å². The van der Waals surface area contributed by atoms with Crippen LogP contribution in [0.1, 0.15) is 45.4 Å². The summed E-state index contributed by atoms with van der Waals surface area (Å²) >= 11 is 0. The van der Waals surface area contributed by atoms with E-state index in [1.165, 1.54) is 32.1 Å². The largest absolute Gasteiger partial charge is 0.345 e. The number of nitrogens with zero attached hydrogens (tertiary/aromatic N) is 1. The molecular formula is C13H23NO. The first-order valence-corrected chi connectivity index (χ1v) is 6.43. The lowest BCUT2D eigenvalue weighted by molar-refractivity contribution is -0.132. The molecule has 2 heteroatoms. The van der Waals surface area contributed by atoms with Gasteiger partial charge in [0.15, 0.2) is 0 Å². The molecule has 2 aliphatic carbocycles. The van der Waals surface area contributed by atoms with Gasteiger partial charge in [-0.3, -0.25) is 4.79 Å². The van der Waals surface area contributed by atoms with Crippen molar-refractivity contribution < 1.29 is 4.79 Å². The maximum absolute atomic E-state index is 11.9. The molecule has 2 atom stereocenters. The fourth-order valence-electron chi connectivity index (χ4n) is 2.80. The first kappa shape index (κ1) is 11.0. The summed E-state index contributed by atoms with van der Waals surface area (Å²) in [6, 6.07) is 0. The molecule has 2 nitrogen and oxygen atoms in total. The minimum Gasteiger partial charge on any atom is -0.345 e. The second-order valence-corrected chi connectivity index (χ2v) is 5.54. The van der Waals surface area contributed by atoms with E-state index >= 15 is 0 Å².